The van der Waals surface area contributed by atoms with Crippen molar-refractivity contribution in [2.75, 3.05) is 18.5 Å². The van der Waals surface area contributed by atoms with Crippen LogP contribution in [0.5, 0.6) is 11.5 Å². The van der Waals surface area contributed by atoms with E-state index in [0.29, 0.717) is 25.1 Å². The fourth-order valence-electron chi connectivity index (χ4n) is 3.30. The van der Waals surface area contributed by atoms with Gasteiger partial charge >= 0.3 is 0 Å². The van der Waals surface area contributed by atoms with E-state index in [9.17, 15) is 0 Å². The lowest BCUT2D eigenvalue weighted by Gasteiger charge is -2.25. The molecule has 0 aliphatic carbocycles. The number of nitrogens with zero attached hydrogens (tertiary/aromatic N) is 3. The van der Waals surface area contributed by atoms with E-state index in [2.05, 4.69) is 29.1 Å². The summed E-state index contributed by atoms with van der Waals surface area (Å²) in [6, 6.07) is 13.9. The SMILES string of the molecule is CCCOc1ccc([C@@H]2N=C(N)Nc3nc4ccccc4n32)c(OCCC)c1. The number of ether oxygens (including phenoxy) is 2. The molecule has 3 N–H and O–H groups in total. The number of para-hydroxylation sites is 2. The Morgan fingerprint density at radius 3 is 2.68 bits per heavy atom. The molecule has 0 radical (unpaired) electrons. The highest BCUT2D eigenvalue weighted by Crippen LogP contribution is 2.38. The van der Waals surface area contributed by atoms with Gasteiger partial charge in [-0.15, -0.1) is 0 Å². The third kappa shape index (κ3) is 3.35. The van der Waals surface area contributed by atoms with Crippen molar-refractivity contribution in [3.63, 3.8) is 0 Å². The molecule has 3 aromatic rings. The van der Waals surface area contributed by atoms with E-state index in [1.165, 1.54) is 0 Å². The Labute approximate surface area is 164 Å². The molecule has 0 bridgehead atoms. The van der Waals surface area contributed by atoms with Crippen molar-refractivity contribution >= 4 is 22.9 Å². The third-order valence-corrected chi connectivity index (χ3v) is 4.54. The van der Waals surface area contributed by atoms with E-state index in [1.807, 2.05) is 47.0 Å². The zero-order chi connectivity index (χ0) is 19.5. The number of benzene rings is 2. The van der Waals surface area contributed by atoms with Gasteiger partial charge in [0.25, 0.3) is 0 Å². The first-order valence-electron chi connectivity index (χ1n) is 9.68. The molecule has 7 heteroatoms. The summed E-state index contributed by atoms with van der Waals surface area (Å²) < 4.78 is 13.9. The summed E-state index contributed by atoms with van der Waals surface area (Å²) in [5.74, 6) is 2.55. The number of aliphatic imine (C=N–C) groups is 1. The average Bonchev–Trinajstić information content (AvgIpc) is 3.08. The van der Waals surface area contributed by atoms with Gasteiger partial charge in [-0.25, -0.2) is 9.98 Å². The van der Waals surface area contributed by atoms with Gasteiger partial charge in [-0.1, -0.05) is 26.0 Å². The summed E-state index contributed by atoms with van der Waals surface area (Å²) in [6.45, 7) is 5.45. The minimum atomic E-state index is -0.365. The highest BCUT2D eigenvalue weighted by Gasteiger charge is 2.27. The summed E-state index contributed by atoms with van der Waals surface area (Å²) in [7, 11) is 0. The molecule has 0 saturated heterocycles. The van der Waals surface area contributed by atoms with Gasteiger partial charge in [0.15, 0.2) is 12.1 Å². The first kappa shape index (κ1) is 18.2. The van der Waals surface area contributed by atoms with Crippen molar-refractivity contribution in [1.29, 1.82) is 0 Å². The average molecular weight is 379 g/mol. The quantitative estimate of drug-likeness (QED) is 0.650. The molecule has 0 fully saturated rings. The van der Waals surface area contributed by atoms with E-state index in [4.69, 9.17) is 15.2 Å². The number of imidazole rings is 1. The van der Waals surface area contributed by atoms with Gasteiger partial charge in [0.05, 0.1) is 24.2 Å². The second-order valence-corrected chi connectivity index (χ2v) is 6.70. The standard InChI is InChI=1S/C21H25N5O2/c1-3-11-27-14-9-10-15(18(13-14)28-12-4-2)19-24-20(22)25-21-23-16-7-5-6-8-17(16)26(19)21/h5-10,13,19H,3-4,11-12H2,1-2H3,(H3,22,23,24,25)/t19-/m1/s1. The van der Waals surface area contributed by atoms with Crippen LogP contribution < -0.4 is 20.5 Å². The number of guanidine groups is 1. The van der Waals surface area contributed by atoms with Crippen LogP contribution in [0.1, 0.15) is 38.4 Å². The zero-order valence-electron chi connectivity index (χ0n) is 16.2. The Hall–Kier alpha value is -3.22. The fourth-order valence-corrected chi connectivity index (χ4v) is 3.30. The van der Waals surface area contributed by atoms with Crippen LogP contribution in [-0.2, 0) is 0 Å². The predicted octanol–water partition coefficient (Wildman–Crippen LogP) is 3.90. The smallest absolute Gasteiger partial charge is 0.212 e. The molecule has 1 aromatic heterocycles. The number of hydrogen-bond acceptors (Lipinski definition) is 6. The van der Waals surface area contributed by atoms with Crippen LogP contribution >= 0.6 is 0 Å². The lowest BCUT2D eigenvalue weighted by atomic mass is 10.1. The molecule has 146 valence electrons. The highest BCUT2D eigenvalue weighted by atomic mass is 16.5. The molecule has 0 amide bonds. The predicted molar refractivity (Wildman–Crippen MR) is 111 cm³/mol. The number of nitrogens with two attached hydrogens (primary N) is 1. The summed E-state index contributed by atoms with van der Waals surface area (Å²) in [5.41, 5.74) is 8.86. The summed E-state index contributed by atoms with van der Waals surface area (Å²) in [6.07, 6.45) is 1.50. The first-order valence-corrected chi connectivity index (χ1v) is 9.68. The van der Waals surface area contributed by atoms with Gasteiger partial charge in [0, 0.05) is 11.6 Å². The Balaban J connectivity index is 1.82. The molecule has 7 nitrogen and oxygen atoms in total. The highest BCUT2D eigenvalue weighted by molar-refractivity contribution is 5.94. The Morgan fingerprint density at radius 2 is 1.86 bits per heavy atom. The topological polar surface area (TPSA) is 86.7 Å². The van der Waals surface area contributed by atoms with Gasteiger partial charge in [-0.05, 0) is 37.1 Å². The van der Waals surface area contributed by atoms with Gasteiger partial charge in [0.1, 0.15) is 11.5 Å². The van der Waals surface area contributed by atoms with Gasteiger partial charge in [-0.3, -0.25) is 9.88 Å². The van der Waals surface area contributed by atoms with Crippen LogP contribution in [0.25, 0.3) is 11.0 Å². The van der Waals surface area contributed by atoms with E-state index in [1.54, 1.807) is 0 Å². The Morgan fingerprint density at radius 1 is 1.07 bits per heavy atom. The monoisotopic (exact) mass is 379 g/mol. The minimum Gasteiger partial charge on any atom is -0.493 e. The number of aromatic nitrogens is 2. The molecule has 0 spiro atoms. The van der Waals surface area contributed by atoms with Crippen LogP contribution in [-0.4, -0.2) is 28.7 Å². The number of rotatable bonds is 7. The van der Waals surface area contributed by atoms with Crippen molar-refractivity contribution in [3.05, 3.63) is 48.0 Å². The first-order chi connectivity index (χ1) is 13.7. The van der Waals surface area contributed by atoms with Gasteiger partial charge < -0.3 is 15.2 Å². The van der Waals surface area contributed by atoms with E-state index in [-0.39, 0.29) is 6.17 Å². The second kappa shape index (κ2) is 7.80. The van der Waals surface area contributed by atoms with Crippen molar-refractivity contribution in [2.24, 2.45) is 10.7 Å². The van der Waals surface area contributed by atoms with Crippen LogP contribution in [0, 0.1) is 0 Å². The van der Waals surface area contributed by atoms with Crippen LogP contribution in [0.2, 0.25) is 0 Å². The minimum absolute atomic E-state index is 0.334. The van der Waals surface area contributed by atoms with Crippen LogP contribution in [0.15, 0.2) is 47.5 Å². The molecule has 4 rings (SSSR count). The maximum absolute atomic E-state index is 6.07. The number of nitrogens with one attached hydrogen (secondary N) is 1. The third-order valence-electron chi connectivity index (χ3n) is 4.54. The van der Waals surface area contributed by atoms with Crippen molar-refractivity contribution in [3.8, 4) is 11.5 Å². The molecule has 0 unspecified atom stereocenters. The van der Waals surface area contributed by atoms with Gasteiger partial charge in [-0.2, -0.15) is 0 Å². The summed E-state index contributed by atoms with van der Waals surface area (Å²) in [4.78, 5) is 9.32. The molecule has 28 heavy (non-hydrogen) atoms. The normalized spacial score (nSPS) is 15.6. The number of hydrogen-bond donors (Lipinski definition) is 2. The Kier molecular flexibility index (Phi) is 5.06. The van der Waals surface area contributed by atoms with Crippen molar-refractivity contribution < 1.29 is 9.47 Å². The van der Waals surface area contributed by atoms with E-state index >= 15 is 0 Å². The van der Waals surface area contributed by atoms with Gasteiger partial charge in [0.2, 0.25) is 5.95 Å². The molecule has 1 aliphatic heterocycles. The molecule has 0 saturated carbocycles. The van der Waals surface area contributed by atoms with Crippen LogP contribution in [0.3, 0.4) is 0 Å². The molecule has 1 aliphatic rings. The second-order valence-electron chi connectivity index (χ2n) is 6.70. The van der Waals surface area contributed by atoms with Crippen LogP contribution in [0.4, 0.5) is 5.95 Å². The van der Waals surface area contributed by atoms with Crippen molar-refractivity contribution in [2.45, 2.75) is 32.9 Å². The van der Waals surface area contributed by atoms with E-state index in [0.717, 1.165) is 40.9 Å². The maximum Gasteiger partial charge on any atom is 0.212 e. The molecule has 2 heterocycles. The molecular formula is C21H25N5O2. The largest absolute Gasteiger partial charge is 0.493 e. The lowest BCUT2D eigenvalue weighted by molar-refractivity contribution is 0.297. The number of anilines is 1. The van der Waals surface area contributed by atoms with Crippen molar-refractivity contribution in [1.82, 2.24) is 9.55 Å². The zero-order valence-corrected chi connectivity index (χ0v) is 16.2. The maximum atomic E-state index is 6.07. The number of fused-ring (bicyclic) bond motifs is 3. The van der Waals surface area contributed by atoms with E-state index < -0.39 is 0 Å². The summed E-state index contributed by atoms with van der Waals surface area (Å²) in [5, 5.41) is 3.07. The molecule has 2 aromatic carbocycles. The fraction of sp³-hybridized carbons (Fsp3) is 0.333. The summed E-state index contributed by atoms with van der Waals surface area (Å²) >= 11 is 0. The lowest BCUT2D eigenvalue weighted by Crippen LogP contribution is -2.31. The molecular weight excluding hydrogens is 354 g/mol. The Bertz CT molecular complexity index is 1010. The molecule has 1 atom stereocenters.